The first-order valence-electron chi connectivity index (χ1n) is 5.75. The van der Waals surface area contributed by atoms with E-state index in [1.807, 2.05) is 44.2 Å². The van der Waals surface area contributed by atoms with Gasteiger partial charge in [0, 0.05) is 12.2 Å². The van der Waals surface area contributed by atoms with Crippen molar-refractivity contribution >= 4 is 24.0 Å². The van der Waals surface area contributed by atoms with Crippen molar-refractivity contribution in [1.29, 1.82) is 0 Å². The van der Waals surface area contributed by atoms with Gasteiger partial charge in [-0.15, -0.1) is 12.4 Å². The highest BCUT2D eigenvalue weighted by atomic mass is 35.5. The second-order valence-corrected chi connectivity index (χ2v) is 4.01. The lowest BCUT2D eigenvalue weighted by molar-refractivity contribution is -0.125. The molecule has 3 N–H and O–H groups in total. The van der Waals surface area contributed by atoms with Crippen LogP contribution in [-0.2, 0) is 4.79 Å². The van der Waals surface area contributed by atoms with E-state index in [9.17, 15) is 4.79 Å². The quantitative estimate of drug-likeness (QED) is 0.851. The van der Waals surface area contributed by atoms with Gasteiger partial charge in [0.1, 0.15) is 0 Å². The minimum absolute atomic E-state index is 0. The standard InChI is InChI=1S/C13H20N2O.ClH/c1-3-13(4-2,10-14)12(16)15-11-8-6-5-7-9-11;/h5-9H,3-4,10,14H2,1-2H3,(H,15,16);1H. The Balaban J connectivity index is 0.00000256. The van der Waals surface area contributed by atoms with Gasteiger partial charge >= 0.3 is 0 Å². The van der Waals surface area contributed by atoms with Crippen molar-refractivity contribution in [3.05, 3.63) is 30.3 Å². The fraction of sp³-hybridized carbons (Fsp3) is 0.462. The minimum Gasteiger partial charge on any atom is -0.329 e. The van der Waals surface area contributed by atoms with Crippen LogP contribution in [0.1, 0.15) is 26.7 Å². The lowest BCUT2D eigenvalue weighted by Gasteiger charge is -2.28. The highest BCUT2D eigenvalue weighted by molar-refractivity contribution is 5.95. The van der Waals surface area contributed by atoms with E-state index in [2.05, 4.69) is 5.32 Å². The third-order valence-corrected chi connectivity index (χ3v) is 3.26. The van der Waals surface area contributed by atoms with Crippen LogP contribution in [0.4, 0.5) is 5.69 Å². The molecule has 0 radical (unpaired) electrons. The average molecular weight is 257 g/mol. The summed E-state index contributed by atoms with van der Waals surface area (Å²) >= 11 is 0. The summed E-state index contributed by atoms with van der Waals surface area (Å²) in [7, 11) is 0. The zero-order valence-electron chi connectivity index (χ0n) is 10.4. The van der Waals surface area contributed by atoms with Crippen LogP contribution in [-0.4, -0.2) is 12.5 Å². The number of nitrogens with one attached hydrogen (secondary N) is 1. The molecular formula is C13H21ClN2O. The van der Waals surface area contributed by atoms with Crippen LogP contribution >= 0.6 is 12.4 Å². The van der Waals surface area contributed by atoms with Gasteiger partial charge in [0.05, 0.1) is 5.41 Å². The summed E-state index contributed by atoms with van der Waals surface area (Å²) in [6.07, 6.45) is 1.53. The number of hydrogen-bond donors (Lipinski definition) is 2. The van der Waals surface area contributed by atoms with E-state index in [1.165, 1.54) is 0 Å². The third-order valence-electron chi connectivity index (χ3n) is 3.26. The number of benzene rings is 1. The van der Waals surface area contributed by atoms with Gasteiger partial charge in [-0.3, -0.25) is 4.79 Å². The van der Waals surface area contributed by atoms with Crippen molar-refractivity contribution in [3.8, 4) is 0 Å². The van der Waals surface area contributed by atoms with Crippen LogP contribution in [0.15, 0.2) is 30.3 Å². The van der Waals surface area contributed by atoms with Crippen LogP contribution in [0.3, 0.4) is 0 Å². The first-order chi connectivity index (χ1) is 7.68. The zero-order chi connectivity index (χ0) is 12.0. The molecule has 0 saturated heterocycles. The number of halogens is 1. The van der Waals surface area contributed by atoms with E-state index >= 15 is 0 Å². The molecule has 17 heavy (non-hydrogen) atoms. The second-order valence-electron chi connectivity index (χ2n) is 4.01. The van der Waals surface area contributed by atoms with E-state index in [1.54, 1.807) is 0 Å². The van der Waals surface area contributed by atoms with Crippen molar-refractivity contribution < 1.29 is 4.79 Å². The molecule has 1 aromatic rings. The predicted octanol–water partition coefficient (Wildman–Crippen LogP) is 2.81. The Hall–Kier alpha value is -1.06. The van der Waals surface area contributed by atoms with E-state index < -0.39 is 5.41 Å². The molecular weight excluding hydrogens is 236 g/mol. The van der Waals surface area contributed by atoms with Crippen LogP contribution < -0.4 is 11.1 Å². The minimum atomic E-state index is -0.435. The van der Waals surface area contributed by atoms with E-state index in [0.29, 0.717) is 6.54 Å². The predicted molar refractivity (Wildman–Crippen MR) is 74.4 cm³/mol. The van der Waals surface area contributed by atoms with Crippen molar-refractivity contribution in [1.82, 2.24) is 0 Å². The van der Waals surface area contributed by atoms with Gasteiger partial charge in [-0.1, -0.05) is 32.0 Å². The molecule has 0 fully saturated rings. The molecule has 0 aliphatic carbocycles. The Morgan fingerprint density at radius 1 is 1.24 bits per heavy atom. The number of rotatable bonds is 5. The monoisotopic (exact) mass is 256 g/mol. The van der Waals surface area contributed by atoms with Gasteiger partial charge in [0.25, 0.3) is 0 Å². The molecule has 1 aromatic carbocycles. The average Bonchev–Trinajstić information content (AvgIpc) is 2.33. The Bertz CT molecular complexity index is 328. The molecule has 4 heteroatoms. The molecule has 0 atom stereocenters. The molecule has 0 heterocycles. The Labute approximate surface area is 109 Å². The summed E-state index contributed by atoms with van der Waals surface area (Å²) in [4.78, 5) is 12.1. The number of carbonyl (C=O) groups excluding carboxylic acids is 1. The van der Waals surface area contributed by atoms with Crippen molar-refractivity contribution in [2.24, 2.45) is 11.1 Å². The number of hydrogen-bond acceptors (Lipinski definition) is 2. The van der Waals surface area contributed by atoms with Crippen LogP contribution in [0, 0.1) is 5.41 Å². The third kappa shape index (κ3) is 3.72. The lowest BCUT2D eigenvalue weighted by Crippen LogP contribution is -2.41. The van der Waals surface area contributed by atoms with Crippen LogP contribution in [0.5, 0.6) is 0 Å². The normalized spacial score (nSPS) is 10.5. The number of anilines is 1. The largest absolute Gasteiger partial charge is 0.329 e. The first-order valence-corrected chi connectivity index (χ1v) is 5.75. The van der Waals surface area contributed by atoms with Crippen LogP contribution in [0.2, 0.25) is 0 Å². The molecule has 0 saturated carbocycles. The maximum Gasteiger partial charge on any atom is 0.231 e. The number of para-hydroxylation sites is 1. The number of amides is 1. The maximum atomic E-state index is 12.1. The zero-order valence-corrected chi connectivity index (χ0v) is 11.2. The highest BCUT2D eigenvalue weighted by Crippen LogP contribution is 2.26. The highest BCUT2D eigenvalue weighted by Gasteiger charge is 2.33. The maximum absolute atomic E-state index is 12.1. The summed E-state index contributed by atoms with van der Waals surface area (Å²) in [6.45, 7) is 4.39. The molecule has 0 unspecified atom stereocenters. The lowest BCUT2D eigenvalue weighted by atomic mass is 9.81. The number of nitrogens with two attached hydrogens (primary N) is 1. The fourth-order valence-electron chi connectivity index (χ4n) is 1.74. The summed E-state index contributed by atoms with van der Waals surface area (Å²) in [5.41, 5.74) is 6.11. The topological polar surface area (TPSA) is 55.1 Å². The Kier molecular flexibility index (Phi) is 6.85. The summed E-state index contributed by atoms with van der Waals surface area (Å²) in [5.74, 6) is 0.0196. The Morgan fingerprint density at radius 2 is 1.76 bits per heavy atom. The van der Waals surface area contributed by atoms with Gasteiger partial charge in [-0.05, 0) is 25.0 Å². The van der Waals surface area contributed by atoms with E-state index in [4.69, 9.17) is 5.73 Å². The molecule has 3 nitrogen and oxygen atoms in total. The van der Waals surface area contributed by atoms with Gasteiger partial charge in [0.2, 0.25) is 5.91 Å². The smallest absolute Gasteiger partial charge is 0.231 e. The van der Waals surface area contributed by atoms with Gasteiger partial charge in [0.15, 0.2) is 0 Å². The molecule has 96 valence electrons. The fourth-order valence-corrected chi connectivity index (χ4v) is 1.74. The molecule has 1 rings (SSSR count). The Morgan fingerprint density at radius 3 is 2.18 bits per heavy atom. The van der Waals surface area contributed by atoms with Gasteiger partial charge in [-0.2, -0.15) is 0 Å². The molecule has 0 aromatic heterocycles. The molecule has 0 spiro atoms. The summed E-state index contributed by atoms with van der Waals surface area (Å²) < 4.78 is 0. The first kappa shape index (κ1) is 15.9. The molecule has 0 aliphatic heterocycles. The van der Waals surface area contributed by atoms with E-state index in [-0.39, 0.29) is 18.3 Å². The van der Waals surface area contributed by atoms with Crippen molar-refractivity contribution in [2.45, 2.75) is 26.7 Å². The van der Waals surface area contributed by atoms with Crippen LogP contribution in [0.25, 0.3) is 0 Å². The number of carbonyl (C=O) groups is 1. The molecule has 0 aliphatic rings. The van der Waals surface area contributed by atoms with Gasteiger partial charge in [-0.25, -0.2) is 0 Å². The van der Waals surface area contributed by atoms with Gasteiger partial charge < -0.3 is 11.1 Å². The van der Waals surface area contributed by atoms with Crippen molar-refractivity contribution in [3.63, 3.8) is 0 Å². The summed E-state index contributed by atoms with van der Waals surface area (Å²) in [5, 5.41) is 2.92. The van der Waals surface area contributed by atoms with Crippen molar-refractivity contribution in [2.75, 3.05) is 11.9 Å². The SMILES string of the molecule is CCC(CC)(CN)C(=O)Nc1ccccc1.Cl. The summed E-state index contributed by atoms with van der Waals surface area (Å²) in [6, 6.07) is 9.48. The van der Waals surface area contributed by atoms with E-state index in [0.717, 1.165) is 18.5 Å². The second kappa shape index (κ2) is 7.30. The molecule has 1 amide bonds. The molecule has 0 bridgehead atoms.